The van der Waals surface area contributed by atoms with Gasteiger partial charge in [0.2, 0.25) is 5.91 Å². The molecule has 1 amide bonds. The largest absolute Gasteiger partial charge is 0.497 e. The van der Waals surface area contributed by atoms with E-state index in [1.807, 2.05) is 23.1 Å². The van der Waals surface area contributed by atoms with Crippen molar-refractivity contribution in [3.8, 4) is 5.75 Å². The van der Waals surface area contributed by atoms with Crippen molar-refractivity contribution in [1.82, 2.24) is 4.90 Å². The average molecular weight is 364 g/mol. The Morgan fingerprint density at radius 1 is 0.926 bits per heavy atom. The SMILES string of the molecule is COc1ccc(/C(C)=C(\CCCC(=O)N2CCCC2)c2ccccc2)cc1. The highest BCUT2D eigenvalue weighted by Crippen LogP contribution is 2.31. The second-order valence-corrected chi connectivity index (χ2v) is 7.14. The molecule has 0 radical (unpaired) electrons. The summed E-state index contributed by atoms with van der Waals surface area (Å²) < 4.78 is 5.28. The highest BCUT2D eigenvalue weighted by Gasteiger charge is 2.17. The minimum absolute atomic E-state index is 0.307. The molecule has 1 aliphatic heterocycles. The molecule has 0 bridgehead atoms. The van der Waals surface area contributed by atoms with Gasteiger partial charge in [0.25, 0.3) is 0 Å². The monoisotopic (exact) mass is 363 g/mol. The van der Waals surface area contributed by atoms with E-state index in [-0.39, 0.29) is 0 Å². The quantitative estimate of drug-likeness (QED) is 0.615. The summed E-state index contributed by atoms with van der Waals surface area (Å²) in [5.41, 5.74) is 5.01. The maximum Gasteiger partial charge on any atom is 0.222 e. The number of hydrogen-bond acceptors (Lipinski definition) is 2. The van der Waals surface area contributed by atoms with Crippen LogP contribution in [0.4, 0.5) is 0 Å². The zero-order valence-electron chi connectivity index (χ0n) is 16.4. The molecular formula is C24H29NO2. The van der Waals surface area contributed by atoms with Gasteiger partial charge in [-0.25, -0.2) is 0 Å². The Labute approximate surface area is 162 Å². The van der Waals surface area contributed by atoms with Crippen molar-refractivity contribution in [2.75, 3.05) is 20.2 Å². The second kappa shape index (κ2) is 9.40. The van der Waals surface area contributed by atoms with E-state index in [9.17, 15) is 4.79 Å². The van der Waals surface area contributed by atoms with Crippen LogP contribution in [-0.4, -0.2) is 31.0 Å². The Morgan fingerprint density at radius 2 is 1.59 bits per heavy atom. The van der Waals surface area contributed by atoms with Gasteiger partial charge < -0.3 is 9.64 Å². The number of nitrogens with zero attached hydrogens (tertiary/aromatic N) is 1. The van der Waals surface area contributed by atoms with Gasteiger partial charge in [0, 0.05) is 19.5 Å². The lowest BCUT2D eigenvalue weighted by atomic mass is 9.92. The Morgan fingerprint density at radius 3 is 2.22 bits per heavy atom. The van der Waals surface area contributed by atoms with Gasteiger partial charge in [0.1, 0.15) is 5.75 Å². The van der Waals surface area contributed by atoms with Crippen LogP contribution in [0.1, 0.15) is 50.2 Å². The summed E-state index contributed by atoms with van der Waals surface area (Å²) in [6.45, 7) is 4.04. The number of hydrogen-bond donors (Lipinski definition) is 0. The lowest BCUT2D eigenvalue weighted by Gasteiger charge is -2.17. The minimum atomic E-state index is 0.307. The number of allylic oxidation sites excluding steroid dienone is 2. The summed E-state index contributed by atoms with van der Waals surface area (Å²) in [4.78, 5) is 14.4. The van der Waals surface area contributed by atoms with Crippen LogP contribution < -0.4 is 4.74 Å². The molecule has 0 atom stereocenters. The normalized spacial score (nSPS) is 14.8. The summed E-state index contributed by atoms with van der Waals surface area (Å²) in [5, 5.41) is 0. The Hall–Kier alpha value is -2.55. The van der Waals surface area contributed by atoms with Crippen LogP contribution >= 0.6 is 0 Å². The van der Waals surface area contributed by atoms with E-state index in [1.165, 1.54) is 22.3 Å². The third-order valence-electron chi connectivity index (χ3n) is 5.37. The van der Waals surface area contributed by atoms with Crippen LogP contribution in [-0.2, 0) is 4.79 Å². The lowest BCUT2D eigenvalue weighted by Crippen LogP contribution is -2.27. The van der Waals surface area contributed by atoms with Crippen LogP contribution in [0.15, 0.2) is 54.6 Å². The molecule has 2 aromatic rings. The second-order valence-electron chi connectivity index (χ2n) is 7.14. The van der Waals surface area contributed by atoms with Crippen LogP contribution in [0, 0.1) is 0 Å². The smallest absolute Gasteiger partial charge is 0.222 e. The number of rotatable bonds is 7. The predicted octanol–water partition coefficient (Wildman–Crippen LogP) is 5.42. The van der Waals surface area contributed by atoms with Crippen molar-refractivity contribution in [3.63, 3.8) is 0 Å². The van der Waals surface area contributed by atoms with E-state index in [0.29, 0.717) is 12.3 Å². The summed E-state index contributed by atoms with van der Waals surface area (Å²) in [6.07, 6.45) is 4.72. The number of carbonyl (C=O) groups is 1. The third-order valence-corrected chi connectivity index (χ3v) is 5.37. The van der Waals surface area contributed by atoms with Gasteiger partial charge in [-0.2, -0.15) is 0 Å². The zero-order chi connectivity index (χ0) is 19.1. The van der Waals surface area contributed by atoms with Crippen LogP contribution in [0.25, 0.3) is 11.1 Å². The van der Waals surface area contributed by atoms with Crippen molar-refractivity contribution < 1.29 is 9.53 Å². The third kappa shape index (κ3) is 5.00. The molecular weight excluding hydrogens is 334 g/mol. The first-order valence-electron chi connectivity index (χ1n) is 9.86. The van der Waals surface area contributed by atoms with Gasteiger partial charge in [0.15, 0.2) is 0 Å². The summed E-state index contributed by atoms with van der Waals surface area (Å²) in [5.74, 6) is 1.17. The van der Waals surface area contributed by atoms with Gasteiger partial charge in [-0.15, -0.1) is 0 Å². The number of carbonyl (C=O) groups excluding carboxylic acids is 1. The van der Waals surface area contributed by atoms with Crippen molar-refractivity contribution in [2.24, 2.45) is 0 Å². The lowest BCUT2D eigenvalue weighted by molar-refractivity contribution is -0.130. The first-order chi connectivity index (χ1) is 13.2. The van der Waals surface area contributed by atoms with Crippen molar-refractivity contribution in [2.45, 2.75) is 39.0 Å². The number of methoxy groups -OCH3 is 1. The van der Waals surface area contributed by atoms with Gasteiger partial charge in [-0.05, 0) is 67.0 Å². The van der Waals surface area contributed by atoms with Crippen molar-refractivity contribution in [3.05, 3.63) is 65.7 Å². The molecule has 1 saturated heterocycles. The molecule has 1 aliphatic rings. The molecule has 0 spiro atoms. The number of benzene rings is 2. The maximum absolute atomic E-state index is 12.4. The van der Waals surface area contributed by atoms with Crippen molar-refractivity contribution in [1.29, 1.82) is 0 Å². The number of amides is 1. The molecule has 3 rings (SSSR count). The van der Waals surface area contributed by atoms with Crippen molar-refractivity contribution >= 4 is 17.1 Å². The van der Waals surface area contributed by atoms with Gasteiger partial charge >= 0.3 is 0 Å². The topological polar surface area (TPSA) is 29.5 Å². The van der Waals surface area contributed by atoms with E-state index < -0.39 is 0 Å². The van der Waals surface area contributed by atoms with Crippen LogP contribution in [0.2, 0.25) is 0 Å². The standard InChI is InChI=1S/C24H29NO2/c1-19(20-13-15-22(27-2)16-14-20)23(21-9-4-3-5-10-21)11-8-12-24(26)25-17-6-7-18-25/h3-5,9-10,13-16H,6-8,11-12,17-18H2,1-2H3/b23-19+. The molecule has 3 nitrogen and oxygen atoms in total. The minimum Gasteiger partial charge on any atom is -0.497 e. The Balaban J connectivity index is 1.77. The summed E-state index contributed by atoms with van der Waals surface area (Å²) in [6, 6.07) is 18.7. The molecule has 142 valence electrons. The molecule has 0 N–H and O–H groups in total. The zero-order valence-corrected chi connectivity index (χ0v) is 16.4. The van der Waals surface area contributed by atoms with Gasteiger partial charge in [-0.1, -0.05) is 42.5 Å². The van der Waals surface area contributed by atoms with E-state index in [1.54, 1.807) is 7.11 Å². The van der Waals surface area contributed by atoms with Gasteiger partial charge in [0.05, 0.1) is 7.11 Å². The van der Waals surface area contributed by atoms with E-state index >= 15 is 0 Å². The highest BCUT2D eigenvalue weighted by molar-refractivity contribution is 5.90. The Kier molecular flexibility index (Phi) is 6.69. The summed E-state index contributed by atoms with van der Waals surface area (Å²) >= 11 is 0. The highest BCUT2D eigenvalue weighted by atomic mass is 16.5. The predicted molar refractivity (Wildman–Crippen MR) is 112 cm³/mol. The fourth-order valence-electron chi connectivity index (χ4n) is 3.74. The molecule has 1 heterocycles. The molecule has 0 unspecified atom stereocenters. The number of likely N-dealkylation sites (tertiary alicyclic amines) is 1. The van der Waals surface area contributed by atoms with Crippen LogP contribution in [0.3, 0.4) is 0 Å². The molecule has 0 aliphatic carbocycles. The average Bonchev–Trinajstić information content (AvgIpc) is 3.26. The summed E-state index contributed by atoms with van der Waals surface area (Å²) in [7, 11) is 1.69. The fraction of sp³-hybridized carbons (Fsp3) is 0.375. The fourth-order valence-corrected chi connectivity index (χ4v) is 3.74. The van der Waals surface area contributed by atoms with Crippen LogP contribution in [0.5, 0.6) is 5.75 Å². The first kappa shape index (κ1) is 19.2. The van der Waals surface area contributed by atoms with Gasteiger partial charge in [-0.3, -0.25) is 4.79 Å². The molecule has 0 saturated carbocycles. The van der Waals surface area contributed by atoms with E-state index in [0.717, 1.165) is 44.5 Å². The number of ether oxygens (including phenoxy) is 1. The molecule has 0 aromatic heterocycles. The Bertz CT molecular complexity index is 772. The molecule has 2 aromatic carbocycles. The molecule has 3 heteroatoms. The first-order valence-corrected chi connectivity index (χ1v) is 9.86. The van der Waals surface area contributed by atoms with E-state index in [4.69, 9.17) is 4.74 Å². The molecule has 27 heavy (non-hydrogen) atoms. The molecule has 1 fully saturated rings. The maximum atomic E-state index is 12.4. The van der Waals surface area contributed by atoms with E-state index in [2.05, 4.69) is 43.3 Å².